The van der Waals surface area contributed by atoms with Gasteiger partial charge >= 0.3 is 0 Å². The number of fused-ring (bicyclic) bond motifs is 6. The molecular formula is C37H49BrClFN2O2. The summed E-state index contributed by atoms with van der Waals surface area (Å²) in [6, 6.07) is 17.4. The average molecular weight is 688 g/mol. The summed E-state index contributed by atoms with van der Waals surface area (Å²) >= 11 is 0. The van der Waals surface area contributed by atoms with Crippen LogP contribution in [-0.2, 0) is 19.4 Å². The van der Waals surface area contributed by atoms with Gasteiger partial charge in [-0.05, 0) is 141 Å². The number of benzene rings is 3. The van der Waals surface area contributed by atoms with Crippen LogP contribution in [0.2, 0.25) is 0 Å². The third-order valence-electron chi connectivity index (χ3n) is 10.3. The van der Waals surface area contributed by atoms with E-state index in [0.29, 0.717) is 23.9 Å². The number of ether oxygens (including phenoxy) is 2. The number of hydrogen-bond acceptors (Lipinski definition) is 4. The first-order valence-electron chi connectivity index (χ1n) is 16.0. The number of methoxy groups -OCH3 is 2. The molecule has 2 aliphatic heterocycles. The van der Waals surface area contributed by atoms with Crippen molar-refractivity contribution < 1.29 is 13.9 Å². The van der Waals surface area contributed by atoms with E-state index < -0.39 is 0 Å². The fourth-order valence-electron chi connectivity index (χ4n) is 8.46. The van der Waals surface area contributed by atoms with Crippen molar-refractivity contribution in [1.82, 2.24) is 10.2 Å². The number of halogens is 3. The van der Waals surface area contributed by atoms with E-state index in [1.165, 1.54) is 78.1 Å². The monoisotopic (exact) mass is 686 g/mol. The molecule has 3 aromatic rings. The van der Waals surface area contributed by atoms with Crippen LogP contribution in [-0.4, -0.2) is 44.3 Å². The van der Waals surface area contributed by atoms with Gasteiger partial charge in [-0.25, -0.2) is 4.39 Å². The van der Waals surface area contributed by atoms with Crippen molar-refractivity contribution in [3.8, 4) is 11.5 Å². The Morgan fingerprint density at radius 2 is 1.45 bits per heavy atom. The number of rotatable bonds is 4. The quantitative estimate of drug-likeness (QED) is 0.298. The average Bonchev–Trinajstić information content (AvgIpc) is 3.01. The maximum atomic E-state index is 13.5. The van der Waals surface area contributed by atoms with Gasteiger partial charge in [-0.15, -0.1) is 29.4 Å². The van der Waals surface area contributed by atoms with Gasteiger partial charge in [0.05, 0.1) is 14.2 Å². The van der Waals surface area contributed by atoms with E-state index in [4.69, 9.17) is 9.47 Å². The van der Waals surface area contributed by atoms with E-state index in [1.807, 2.05) is 12.1 Å². The normalized spacial score (nSPS) is 23.6. The minimum absolute atomic E-state index is 0. The first-order chi connectivity index (χ1) is 20.5. The topological polar surface area (TPSA) is 33.7 Å². The minimum atomic E-state index is -0.139. The second-order valence-corrected chi connectivity index (χ2v) is 12.8. The number of piperidine rings is 2. The Kier molecular flexibility index (Phi) is 12.2. The van der Waals surface area contributed by atoms with Crippen molar-refractivity contribution in [2.24, 2.45) is 0 Å². The largest absolute Gasteiger partial charge is 0.496 e. The fraction of sp³-hybridized carbons (Fsp3) is 0.514. The fourth-order valence-corrected chi connectivity index (χ4v) is 8.46. The molecule has 4 aliphatic rings. The molecule has 7 rings (SSSR count). The zero-order chi connectivity index (χ0) is 29.2. The summed E-state index contributed by atoms with van der Waals surface area (Å²) in [5.41, 5.74) is 9.47. The summed E-state index contributed by atoms with van der Waals surface area (Å²) in [6.07, 6.45) is 9.73. The molecule has 7 heteroatoms. The summed E-state index contributed by atoms with van der Waals surface area (Å²) < 4.78 is 24.8. The Balaban J connectivity index is 0.000000205. The van der Waals surface area contributed by atoms with Gasteiger partial charge in [-0.2, -0.15) is 0 Å². The van der Waals surface area contributed by atoms with E-state index in [9.17, 15) is 4.39 Å². The molecule has 2 heterocycles. The van der Waals surface area contributed by atoms with Gasteiger partial charge in [0.1, 0.15) is 17.3 Å². The van der Waals surface area contributed by atoms with Gasteiger partial charge in [0.15, 0.2) is 0 Å². The van der Waals surface area contributed by atoms with Crippen LogP contribution in [0.1, 0.15) is 89.3 Å². The number of aryl methyl sites for hydroxylation is 2. The first-order valence-corrected chi connectivity index (χ1v) is 16.0. The highest BCUT2D eigenvalue weighted by molar-refractivity contribution is 8.93. The molecular weight excluding hydrogens is 639 g/mol. The summed E-state index contributed by atoms with van der Waals surface area (Å²) in [5, 5.41) is 3.67. The molecule has 0 spiro atoms. The van der Waals surface area contributed by atoms with Gasteiger partial charge in [-0.1, -0.05) is 36.4 Å². The van der Waals surface area contributed by atoms with Crippen molar-refractivity contribution in [1.29, 1.82) is 0 Å². The molecule has 1 N–H and O–H groups in total. The lowest BCUT2D eigenvalue weighted by atomic mass is 9.73. The molecule has 4 nitrogen and oxygen atoms in total. The lowest BCUT2D eigenvalue weighted by Gasteiger charge is -2.45. The summed E-state index contributed by atoms with van der Waals surface area (Å²) in [5.74, 6) is 3.35. The lowest BCUT2D eigenvalue weighted by Crippen LogP contribution is -2.45. The molecule has 240 valence electrons. The maximum Gasteiger partial charge on any atom is 0.125 e. The Hall–Kier alpha value is -2.12. The molecule has 2 saturated heterocycles. The number of nitrogens with one attached hydrogen (secondary N) is 1. The van der Waals surface area contributed by atoms with Gasteiger partial charge in [0.25, 0.3) is 0 Å². The third-order valence-corrected chi connectivity index (χ3v) is 10.3. The highest BCUT2D eigenvalue weighted by Gasteiger charge is 2.37. The zero-order valence-electron chi connectivity index (χ0n) is 26.7. The van der Waals surface area contributed by atoms with Crippen molar-refractivity contribution in [2.75, 3.05) is 27.3 Å². The molecule has 0 radical (unpaired) electrons. The lowest BCUT2D eigenvalue weighted by molar-refractivity contribution is 0.104. The van der Waals surface area contributed by atoms with E-state index >= 15 is 0 Å². The molecule has 3 aromatic carbocycles. The molecule has 44 heavy (non-hydrogen) atoms. The standard InChI is InChI=1S/C22H26FNO.C15H21NO.BrH.ClH/c1-15-8-9-18-19-7-4-12-24(14-16-5-3-6-17(23)13-16)21(19)11-10-20(18)22(15)25-2;1-10-5-6-11-12-4-3-9-16-14(12)8-7-13(11)15(10)17-2;;/h3,5-6,8-9,13,19,21H,4,7,10-12,14H2,1-2H3;5-6,12,14,16H,3-4,7-9H2,1-2H3;2*1H/t19-,21-;12-,14-;;/m11../s1. The molecule has 2 fully saturated rings. The number of nitrogens with zero attached hydrogens (tertiary/aromatic N) is 1. The van der Waals surface area contributed by atoms with Crippen LogP contribution in [0.15, 0.2) is 48.5 Å². The summed E-state index contributed by atoms with van der Waals surface area (Å²) in [7, 11) is 3.58. The Labute approximate surface area is 280 Å². The van der Waals surface area contributed by atoms with Crippen LogP contribution in [0.3, 0.4) is 0 Å². The van der Waals surface area contributed by atoms with Gasteiger partial charge < -0.3 is 14.8 Å². The second-order valence-electron chi connectivity index (χ2n) is 12.8. The van der Waals surface area contributed by atoms with Gasteiger partial charge in [-0.3, -0.25) is 4.90 Å². The van der Waals surface area contributed by atoms with Crippen LogP contribution in [0.25, 0.3) is 0 Å². The molecule has 0 amide bonds. The Morgan fingerprint density at radius 3 is 2.11 bits per heavy atom. The Morgan fingerprint density at radius 1 is 0.818 bits per heavy atom. The van der Waals surface area contributed by atoms with E-state index in [2.05, 4.69) is 48.3 Å². The van der Waals surface area contributed by atoms with Gasteiger partial charge in [0.2, 0.25) is 0 Å². The minimum Gasteiger partial charge on any atom is -0.496 e. The SMILES string of the molecule is Br.COc1c(C)ccc2c1CC[C@@H]1[C@@H]2CCCN1Cc1cccc(F)c1.COc1c(C)ccc2c1CC[C@H]1NCCC[C@H]21.Cl. The molecule has 2 aliphatic carbocycles. The maximum absolute atomic E-state index is 13.5. The van der Waals surface area contributed by atoms with Crippen molar-refractivity contribution in [3.05, 3.63) is 93.3 Å². The van der Waals surface area contributed by atoms with Crippen LogP contribution in [0.5, 0.6) is 11.5 Å². The first kappa shape index (κ1) is 34.7. The molecule has 0 saturated carbocycles. The summed E-state index contributed by atoms with van der Waals surface area (Å²) in [4.78, 5) is 2.57. The molecule has 0 aromatic heterocycles. The van der Waals surface area contributed by atoms with E-state index in [0.717, 1.165) is 49.4 Å². The Bertz CT molecular complexity index is 1420. The second kappa shape index (κ2) is 15.4. The van der Waals surface area contributed by atoms with Crippen LogP contribution in [0.4, 0.5) is 4.39 Å². The number of hydrogen-bond donors (Lipinski definition) is 1. The van der Waals surface area contributed by atoms with Crippen LogP contribution in [0, 0.1) is 19.7 Å². The molecule has 0 unspecified atom stereocenters. The van der Waals surface area contributed by atoms with Crippen molar-refractivity contribution in [3.63, 3.8) is 0 Å². The van der Waals surface area contributed by atoms with E-state index in [-0.39, 0.29) is 35.2 Å². The smallest absolute Gasteiger partial charge is 0.125 e. The highest BCUT2D eigenvalue weighted by Crippen LogP contribution is 2.45. The predicted octanol–water partition coefficient (Wildman–Crippen LogP) is 8.62. The zero-order valence-corrected chi connectivity index (χ0v) is 29.2. The molecule has 4 atom stereocenters. The van der Waals surface area contributed by atoms with Crippen LogP contribution >= 0.6 is 29.4 Å². The highest BCUT2D eigenvalue weighted by atomic mass is 79.9. The summed E-state index contributed by atoms with van der Waals surface area (Å²) in [6.45, 7) is 7.42. The van der Waals surface area contributed by atoms with Gasteiger partial charge in [0, 0.05) is 18.6 Å². The predicted molar refractivity (Wildman–Crippen MR) is 186 cm³/mol. The third kappa shape index (κ3) is 6.99. The van der Waals surface area contributed by atoms with Crippen molar-refractivity contribution in [2.45, 2.75) is 95.7 Å². The van der Waals surface area contributed by atoms with Crippen molar-refractivity contribution >= 4 is 29.4 Å². The van der Waals surface area contributed by atoms with Crippen LogP contribution < -0.4 is 14.8 Å². The number of likely N-dealkylation sites (tertiary alicyclic amines) is 1. The van der Waals surface area contributed by atoms with E-state index in [1.54, 1.807) is 20.3 Å². The molecule has 0 bridgehead atoms.